The first-order chi connectivity index (χ1) is 10.7. The van der Waals surface area contributed by atoms with Crippen LogP contribution in [0, 0.1) is 0 Å². The van der Waals surface area contributed by atoms with E-state index in [0.717, 1.165) is 33.6 Å². The van der Waals surface area contributed by atoms with Gasteiger partial charge in [0.25, 0.3) is 0 Å². The highest BCUT2D eigenvalue weighted by atomic mass is 16.5. The maximum absolute atomic E-state index is 10.7. The van der Waals surface area contributed by atoms with Crippen LogP contribution in [0.5, 0.6) is 5.75 Å². The average Bonchev–Trinajstić information content (AvgIpc) is 2.96. The number of hydrogen-bond acceptors (Lipinski definition) is 3. The first kappa shape index (κ1) is 14.2. The Balaban J connectivity index is 1.93. The maximum atomic E-state index is 10.7. The number of aliphatic carboxylic acids is 1. The van der Waals surface area contributed by atoms with E-state index in [1.807, 2.05) is 48.5 Å². The molecule has 0 saturated carbocycles. The third-order valence-electron chi connectivity index (χ3n) is 3.56. The number of hydrogen-bond donors (Lipinski definition) is 1. The van der Waals surface area contributed by atoms with Crippen LogP contribution in [0.3, 0.4) is 0 Å². The van der Waals surface area contributed by atoms with E-state index in [0.29, 0.717) is 6.42 Å². The van der Waals surface area contributed by atoms with E-state index in [9.17, 15) is 4.79 Å². The number of carbonyl (C=O) groups is 1. The summed E-state index contributed by atoms with van der Waals surface area (Å²) in [5, 5.41) is 9.73. The minimum absolute atomic E-state index is 0.131. The number of carboxylic acids is 1. The Hall–Kier alpha value is -2.75. The lowest BCUT2D eigenvalue weighted by Gasteiger charge is -2.01. The number of ether oxygens (including phenoxy) is 1. The molecule has 0 aliphatic carbocycles. The van der Waals surface area contributed by atoms with Gasteiger partial charge in [0.15, 0.2) is 0 Å². The van der Waals surface area contributed by atoms with Gasteiger partial charge in [-0.2, -0.15) is 0 Å². The molecule has 0 saturated heterocycles. The third kappa shape index (κ3) is 2.96. The monoisotopic (exact) mass is 296 g/mol. The molecule has 0 fully saturated rings. The molecule has 4 nitrogen and oxygen atoms in total. The molecule has 0 radical (unpaired) electrons. The van der Waals surface area contributed by atoms with Crippen LogP contribution >= 0.6 is 0 Å². The molecule has 0 amide bonds. The quantitative estimate of drug-likeness (QED) is 0.769. The standard InChI is InChI=1S/C18H16O4/c1-21-15-4-2-3-13(10-15)17-11-14-9-12(6-8-18(19)20)5-7-16(14)22-17/h2-5,7,9-11H,6,8H2,1H3,(H,19,20). The van der Waals surface area contributed by atoms with Crippen LogP contribution in [0.2, 0.25) is 0 Å². The van der Waals surface area contributed by atoms with Crippen molar-refractivity contribution < 1.29 is 19.1 Å². The molecule has 0 aliphatic rings. The lowest BCUT2D eigenvalue weighted by Crippen LogP contribution is -1.96. The van der Waals surface area contributed by atoms with Crippen LogP contribution in [-0.2, 0) is 11.2 Å². The second kappa shape index (κ2) is 5.93. The molecule has 1 heterocycles. The van der Waals surface area contributed by atoms with Crippen LogP contribution in [0.4, 0.5) is 0 Å². The highest BCUT2D eigenvalue weighted by molar-refractivity contribution is 5.83. The molecule has 0 aliphatic heterocycles. The van der Waals surface area contributed by atoms with Crippen LogP contribution in [0.1, 0.15) is 12.0 Å². The van der Waals surface area contributed by atoms with Crippen molar-refractivity contribution in [2.75, 3.05) is 7.11 Å². The normalized spacial score (nSPS) is 10.8. The molecule has 3 aromatic rings. The van der Waals surface area contributed by atoms with Gasteiger partial charge in [0.1, 0.15) is 17.1 Å². The number of benzene rings is 2. The molecule has 0 bridgehead atoms. The molecule has 1 aromatic heterocycles. The van der Waals surface area contributed by atoms with Gasteiger partial charge in [0, 0.05) is 17.4 Å². The second-order valence-corrected chi connectivity index (χ2v) is 5.11. The minimum Gasteiger partial charge on any atom is -0.497 e. The average molecular weight is 296 g/mol. The number of furan rings is 1. The van der Waals surface area contributed by atoms with Gasteiger partial charge in [-0.1, -0.05) is 18.2 Å². The summed E-state index contributed by atoms with van der Waals surface area (Å²) in [5.41, 5.74) is 2.73. The molecule has 1 N–H and O–H groups in total. The lowest BCUT2D eigenvalue weighted by molar-refractivity contribution is -0.136. The molecule has 3 rings (SSSR count). The van der Waals surface area contributed by atoms with Gasteiger partial charge in [-0.25, -0.2) is 0 Å². The summed E-state index contributed by atoms with van der Waals surface area (Å²) >= 11 is 0. The third-order valence-corrected chi connectivity index (χ3v) is 3.56. The van der Waals surface area contributed by atoms with Crippen LogP contribution in [0.25, 0.3) is 22.3 Å². The van der Waals surface area contributed by atoms with E-state index in [4.69, 9.17) is 14.3 Å². The van der Waals surface area contributed by atoms with Gasteiger partial charge in [0.2, 0.25) is 0 Å². The Morgan fingerprint density at radius 1 is 1.18 bits per heavy atom. The number of methoxy groups -OCH3 is 1. The molecule has 0 unspecified atom stereocenters. The van der Waals surface area contributed by atoms with Gasteiger partial charge in [-0.3, -0.25) is 4.79 Å². The topological polar surface area (TPSA) is 59.7 Å². The minimum atomic E-state index is -0.788. The van der Waals surface area contributed by atoms with Crippen molar-refractivity contribution >= 4 is 16.9 Å². The van der Waals surface area contributed by atoms with Crippen molar-refractivity contribution in [3.05, 3.63) is 54.1 Å². The summed E-state index contributed by atoms with van der Waals surface area (Å²) in [6.07, 6.45) is 0.650. The smallest absolute Gasteiger partial charge is 0.303 e. The fourth-order valence-corrected chi connectivity index (χ4v) is 2.42. The Labute approximate surface area is 127 Å². The zero-order valence-electron chi connectivity index (χ0n) is 12.2. The highest BCUT2D eigenvalue weighted by Gasteiger charge is 2.08. The van der Waals surface area contributed by atoms with Gasteiger partial charge in [-0.15, -0.1) is 0 Å². The van der Waals surface area contributed by atoms with Crippen LogP contribution in [-0.4, -0.2) is 18.2 Å². The maximum Gasteiger partial charge on any atom is 0.303 e. The zero-order valence-corrected chi connectivity index (χ0v) is 12.2. The van der Waals surface area contributed by atoms with E-state index < -0.39 is 5.97 Å². The van der Waals surface area contributed by atoms with E-state index in [-0.39, 0.29) is 6.42 Å². The summed E-state index contributed by atoms with van der Waals surface area (Å²) in [7, 11) is 1.63. The number of carboxylic acid groups (broad SMARTS) is 1. The largest absolute Gasteiger partial charge is 0.497 e. The summed E-state index contributed by atoms with van der Waals surface area (Å²) in [6.45, 7) is 0. The Kier molecular flexibility index (Phi) is 3.83. The zero-order chi connectivity index (χ0) is 15.5. The van der Waals surface area contributed by atoms with E-state index in [1.165, 1.54) is 0 Å². The molecule has 112 valence electrons. The van der Waals surface area contributed by atoms with E-state index >= 15 is 0 Å². The predicted octanol–water partition coefficient (Wildman–Crippen LogP) is 4.13. The van der Waals surface area contributed by atoms with Crippen molar-refractivity contribution in [2.24, 2.45) is 0 Å². The first-order valence-electron chi connectivity index (χ1n) is 7.04. The van der Waals surface area contributed by atoms with Crippen LogP contribution in [0.15, 0.2) is 52.9 Å². The fraction of sp³-hybridized carbons (Fsp3) is 0.167. The molecular weight excluding hydrogens is 280 g/mol. The Bertz CT molecular complexity index is 817. The van der Waals surface area contributed by atoms with Gasteiger partial charge >= 0.3 is 5.97 Å². The molecular formula is C18H16O4. The second-order valence-electron chi connectivity index (χ2n) is 5.11. The summed E-state index contributed by atoms with van der Waals surface area (Å²) in [6, 6.07) is 15.4. The fourth-order valence-electron chi connectivity index (χ4n) is 2.42. The molecule has 4 heteroatoms. The van der Waals surface area contributed by atoms with E-state index in [2.05, 4.69) is 0 Å². The number of aryl methyl sites for hydroxylation is 1. The van der Waals surface area contributed by atoms with Crippen LogP contribution < -0.4 is 4.74 Å². The van der Waals surface area contributed by atoms with E-state index in [1.54, 1.807) is 7.11 Å². The summed E-state index contributed by atoms with van der Waals surface area (Å²) in [4.78, 5) is 10.7. The molecule has 2 aromatic carbocycles. The SMILES string of the molecule is COc1cccc(-c2cc3cc(CCC(=O)O)ccc3o2)c1. The van der Waals surface area contributed by atoms with Gasteiger partial charge in [0.05, 0.1) is 7.11 Å². The van der Waals surface area contributed by atoms with Crippen molar-refractivity contribution in [1.29, 1.82) is 0 Å². The van der Waals surface area contributed by atoms with Crippen molar-refractivity contribution in [1.82, 2.24) is 0 Å². The molecule has 0 spiro atoms. The Morgan fingerprint density at radius 2 is 2.05 bits per heavy atom. The number of rotatable bonds is 5. The number of fused-ring (bicyclic) bond motifs is 1. The van der Waals surface area contributed by atoms with Gasteiger partial charge in [-0.05, 0) is 42.3 Å². The van der Waals surface area contributed by atoms with Gasteiger partial charge < -0.3 is 14.3 Å². The lowest BCUT2D eigenvalue weighted by atomic mass is 10.1. The Morgan fingerprint density at radius 3 is 2.82 bits per heavy atom. The highest BCUT2D eigenvalue weighted by Crippen LogP contribution is 2.30. The predicted molar refractivity (Wildman–Crippen MR) is 84.2 cm³/mol. The van der Waals surface area contributed by atoms with Crippen molar-refractivity contribution in [2.45, 2.75) is 12.8 Å². The van der Waals surface area contributed by atoms with Crippen molar-refractivity contribution in [3.63, 3.8) is 0 Å². The summed E-state index contributed by atoms with van der Waals surface area (Å²) < 4.78 is 11.1. The molecule has 0 atom stereocenters. The first-order valence-corrected chi connectivity index (χ1v) is 7.04. The molecule has 22 heavy (non-hydrogen) atoms. The van der Waals surface area contributed by atoms with Crippen molar-refractivity contribution in [3.8, 4) is 17.1 Å². The summed E-state index contributed by atoms with van der Waals surface area (Å²) in [5.74, 6) is 0.758.